The predicted octanol–water partition coefficient (Wildman–Crippen LogP) is 8.33. The van der Waals surface area contributed by atoms with E-state index in [1.807, 2.05) is 7.11 Å². The van der Waals surface area contributed by atoms with Crippen molar-refractivity contribution in [2.75, 3.05) is 7.11 Å². The summed E-state index contributed by atoms with van der Waals surface area (Å²) in [5.74, 6) is -0.634. The molecule has 4 fully saturated rings. The van der Waals surface area contributed by atoms with Crippen molar-refractivity contribution in [3.8, 4) is 0 Å². The van der Waals surface area contributed by atoms with Gasteiger partial charge in [-0.15, -0.1) is 0 Å². The lowest BCUT2D eigenvalue weighted by molar-refractivity contribution is -0.205. The van der Waals surface area contributed by atoms with Crippen LogP contribution in [0.15, 0.2) is 41.5 Å². The molecule has 240 valence electrons. The van der Waals surface area contributed by atoms with Gasteiger partial charge in [-0.25, -0.2) is 0 Å². The van der Waals surface area contributed by atoms with E-state index >= 15 is 0 Å². The average Bonchev–Trinajstić information content (AvgIpc) is 3.52. The van der Waals surface area contributed by atoms with Crippen molar-refractivity contribution < 1.29 is 28.1 Å². The zero-order valence-corrected chi connectivity index (χ0v) is 29.3. The van der Waals surface area contributed by atoms with Gasteiger partial charge in [0.2, 0.25) is 0 Å². The monoisotopic (exact) mass is 612 g/mol. The fourth-order valence-electron chi connectivity index (χ4n) is 9.96. The largest absolute Gasteiger partial charge is 0.410 e. The first-order valence-electron chi connectivity index (χ1n) is 17.0. The molecule has 2 heterocycles. The highest BCUT2D eigenvalue weighted by Gasteiger charge is 2.73. The Morgan fingerprint density at radius 3 is 2.21 bits per heavy atom. The van der Waals surface area contributed by atoms with Crippen LogP contribution in [0, 0.1) is 16.7 Å². The number of methoxy groups -OCH3 is 1. The van der Waals surface area contributed by atoms with Gasteiger partial charge in [0.25, 0.3) is 0 Å². The van der Waals surface area contributed by atoms with Gasteiger partial charge in [0.15, 0.2) is 20.4 Å². The van der Waals surface area contributed by atoms with Crippen LogP contribution in [-0.4, -0.2) is 57.3 Å². The normalized spacial score (nSPS) is 41.7. The molecule has 5 aliphatic rings. The second-order valence-electron chi connectivity index (χ2n) is 15.3. The van der Waals surface area contributed by atoms with Gasteiger partial charge in [-0.3, -0.25) is 0 Å². The quantitative estimate of drug-likeness (QED) is 0.228. The molecule has 2 saturated heterocycles. The molecule has 1 unspecified atom stereocenters. The molecule has 0 N–H and O–H groups in total. The van der Waals surface area contributed by atoms with Crippen molar-refractivity contribution in [1.82, 2.24) is 0 Å². The maximum absolute atomic E-state index is 7.47. The highest BCUT2D eigenvalue weighted by molar-refractivity contribution is 6.73. The zero-order chi connectivity index (χ0) is 31.0. The van der Waals surface area contributed by atoms with Crippen molar-refractivity contribution in [2.45, 2.75) is 154 Å². The van der Waals surface area contributed by atoms with Crippen LogP contribution in [0.4, 0.5) is 0 Å². The molecule has 1 aromatic carbocycles. The first-order chi connectivity index (χ1) is 20.3. The third-order valence-electron chi connectivity index (χ3n) is 12.6. The van der Waals surface area contributed by atoms with E-state index in [9.17, 15) is 0 Å². The Hall–Kier alpha value is -1.06. The van der Waals surface area contributed by atoms with E-state index in [0.29, 0.717) is 0 Å². The lowest BCUT2D eigenvalue weighted by atomic mass is 9.48. The minimum Gasteiger partial charge on any atom is -0.410 e. The highest BCUT2D eigenvalue weighted by atomic mass is 28.4. The lowest BCUT2D eigenvalue weighted by Gasteiger charge is -2.62. The summed E-state index contributed by atoms with van der Waals surface area (Å²) in [5.41, 5.74) is 2.40. The van der Waals surface area contributed by atoms with Gasteiger partial charge in [0, 0.05) is 35.8 Å². The summed E-state index contributed by atoms with van der Waals surface area (Å²) in [5, 5.41) is 0. The molecular formula is C36H56O6Si. The molecule has 0 aromatic heterocycles. The predicted molar refractivity (Wildman–Crippen MR) is 171 cm³/mol. The maximum atomic E-state index is 7.47. The van der Waals surface area contributed by atoms with Gasteiger partial charge >= 0.3 is 0 Å². The fourth-order valence-corrected chi connectivity index (χ4v) is 12.8. The molecule has 9 atom stereocenters. The summed E-state index contributed by atoms with van der Waals surface area (Å²) in [7, 11) is -0.0851. The Morgan fingerprint density at radius 1 is 0.907 bits per heavy atom. The summed E-state index contributed by atoms with van der Waals surface area (Å²) >= 11 is 0. The zero-order valence-electron chi connectivity index (χ0n) is 28.3. The van der Waals surface area contributed by atoms with E-state index < -0.39 is 31.4 Å². The minimum absolute atomic E-state index is 0.0332. The highest BCUT2D eigenvalue weighted by Crippen LogP contribution is 2.67. The van der Waals surface area contributed by atoms with Crippen LogP contribution in [0.2, 0.25) is 18.1 Å². The molecule has 6 nitrogen and oxygen atoms in total. The molecule has 1 spiro atoms. The van der Waals surface area contributed by atoms with E-state index in [2.05, 4.69) is 92.6 Å². The Kier molecular flexibility index (Phi) is 8.18. The number of hydrogen-bond donors (Lipinski definition) is 0. The molecule has 3 aliphatic carbocycles. The summed E-state index contributed by atoms with van der Waals surface area (Å²) in [6.07, 6.45) is 2.88. The van der Waals surface area contributed by atoms with E-state index in [-0.39, 0.29) is 41.9 Å². The van der Waals surface area contributed by atoms with Crippen molar-refractivity contribution in [1.29, 1.82) is 0 Å². The Morgan fingerprint density at radius 2 is 1.58 bits per heavy atom. The van der Waals surface area contributed by atoms with Gasteiger partial charge in [0.05, 0.1) is 24.4 Å². The summed E-state index contributed by atoms with van der Waals surface area (Å²) in [6, 6.07) is 13.8. The van der Waals surface area contributed by atoms with Crippen molar-refractivity contribution >= 4 is 8.32 Å². The number of ether oxygens (including phenoxy) is 5. The number of benzene rings is 1. The van der Waals surface area contributed by atoms with Crippen LogP contribution < -0.4 is 0 Å². The van der Waals surface area contributed by atoms with Crippen LogP contribution in [0.25, 0.3) is 0 Å². The van der Waals surface area contributed by atoms with Gasteiger partial charge in [-0.2, -0.15) is 0 Å². The molecule has 0 amide bonds. The Labute approximate surface area is 261 Å². The van der Waals surface area contributed by atoms with E-state index in [1.54, 1.807) is 0 Å². The van der Waals surface area contributed by atoms with Crippen LogP contribution >= 0.6 is 0 Å². The number of fused-ring (bicyclic) bond motifs is 6. The molecule has 0 radical (unpaired) electrons. The number of hydrogen-bond acceptors (Lipinski definition) is 6. The fraction of sp³-hybridized carbons (Fsp3) is 0.778. The lowest BCUT2D eigenvalue weighted by Crippen LogP contribution is -2.69. The molecule has 1 aromatic rings. The maximum Gasteiger partial charge on any atom is 0.192 e. The van der Waals surface area contributed by atoms with Crippen molar-refractivity contribution in [3.63, 3.8) is 0 Å². The van der Waals surface area contributed by atoms with E-state index in [0.717, 1.165) is 49.4 Å². The van der Waals surface area contributed by atoms with Crippen molar-refractivity contribution in [3.05, 3.63) is 47.0 Å². The topological polar surface area (TPSA) is 55.4 Å². The van der Waals surface area contributed by atoms with Crippen molar-refractivity contribution in [2.24, 2.45) is 16.7 Å². The van der Waals surface area contributed by atoms with Gasteiger partial charge in [0.1, 0.15) is 11.7 Å². The summed E-state index contributed by atoms with van der Waals surface area (Å²) < 4.78 is 42.6. The third kappa shape index (κ3) is 4.70. The second kappa shape index (κ2) is 11.0. The molecule has 6 rings (SSSR count). The average molecular weight is 613 g/mol. The van der Waals surface area contributed by atoms with Gasteiger partial charge in [-0.05, 0) is 62.9 Å². The first kappa shape index (κ1) is 31.9. The summed E-state index contributed by atoms with van der Waals surface area (Å²) in [6.45, 7) is 20.6. The smallest absolute Gasteiger partial charge is 0.192 e. The Balaban J connectivity index is 1.61. The second-order valence-corrected chi connectivity index (χ2v) is 20.0. The van der Waals surface area contributed by atoms with Crippen LogP contribution in [0.3, 0.4) is 0 Å². The van der Waals surface area contributed by atoms with Crippen LogP contribution in [0.5, 0.6) is 0 Å². The van der Waals surface area contributed by atoms with Gasteiger partial charge in [-0.1, -0.05) is 78.3 Å². The molecular weight excluding hydrogens is 556 g/mol. The minimum atomic E-state index is -1.96. The molecule has 2 aliphatic heterocycles. The molecule has 7 heteroatoms. The van der Waals surface area contributed by atoms with Gasteiger partial charge < -0.3 is 28.1 Å². The van der Waals surface area contributed by atoms with E-state index in [1.165, 1.54) is 11.1 Å². The SMILES string of the molecule is CC[Si](CC)(CC)O[C@H]1C[C@@]23OC(c4ccccc4)O[C@H]2[C@@H]2[C@H](OC)CCC[C@@]2(C)[C@H]2OC(C)(C)O[C@@H]2C(=C1C)C3(C)C. The third-order valence-corrected chi connectivity index (χ3v) is 17.2. The number of rotatable bonds is 7. The van der Waals surface area contributed by atoms with Crippen LogP contribution in [-0.2, 0) is 28.1 Å². The first-order valence-corrected chi connectivity index (χ1v) is 19.5. The molecule has 2 bridgehead atoms. The van der Waals surface area contributed by atoms with E-state index in [4.69, 9.17) is 28.1 Å². The summed E-state index contributed by atoms with van der Waals surface area (Å²) in [4.78, 5) is 0. The molecule has 43 heavy (non-hydrogen) atoms. The Bertz CT molecular complexity index is 1200. The standard InChI is InChI=1S/C36H56O6Si/c1-11-43(12-2,13-3)42-26-22-36-30(38-32(41-36)24-18-15-14-16-19-24)28-25(37-10)20-17-21-35(28,9)31-29(39-34(7,8)40-31)27(23(26)4)33(36,5)6/h14-16,18-19,25-26,28-32H,11-13,17,20-22H2,1-10H3/t25-,26+,28+,29-,30+,31+,32?,35-,36-/m1/s1. The molecule has 2 saturated carbocycles. The van der Waals surface area contributed by atoms with Crippen LogP contribution in [0.1, 0.15) is 99.9 Å².